The molecule has 0 aliphatic rings. The minimum absolute atomic E-state index is 0.0496. The summed E-state index contributed by atoms with van der Waals surface area (Å²) < 4.78 is 4.79. The molecule has 0 spiro atoms. The van der Waals surface area contributed by atoms with E-state index in [2.05, 4.69) is 15.3 Å². The predicted octanol–water partition coefficient (Wildman–Crippen LogP) is 1.36. The smallest absolute Gasteiger partial charge is 0.359 e. The lowest BCUT2D eigenvalue weighted by atomic mass is 10.1. The first-order valence-electron chi connectivity index (χ1n) is 6.85. The summed E-state index contributed by atoms with van der Waals surface area (Å²) in [6.45, 7) is 1.09. The molecule has 1 aromatic heterocycles. The number of nitrogens with zero attached hydrogens (tertiary/aromatic N) is 4. The van der Waals surface area contributed by atoms with Crippen LogP contribution in [0.5, 0.6) is 0 Å². The average molecular weight is 341 g/mol. The van der Waals surface area contributed by atoms with Crippen molar-refractivity contribution in [2.24, 2.45) is 0 Å². The van der Waals surface area contributed by atoms with Crippen LogP contribution in [0, 0.1) is 28.4 Å². The number of rotatable bonds is 5. The molecule has 2 aromatic rings. The Balaban J connectivity index is 1.98. The van der Waals surface area contributed by atoms with Gasteiger partial charge in [-0.05, 0) is 13.0 Å². The van der Waals surface area contributed by atoms with Gasteiger partial charge in [-0.25, -0.2) is 9.78 Å². The van der Waals surface area contributed by atoms with Crippen LogP contribution in [0.15, 0.2) is 30.6 Å². The molecule has 0 fully saturated rings. The monoisotopic (exact) mass is 341 g/mol. The Bertz CT molecular complexity index is 873. The molecule has 126 valence electrons. The van der Waals surface area contributed by atoms with Gasteiger partial charge in [0, 0.05) is 18.3 Å². The lowest BCUT2D eigenvalue weighted by molar-refractivity contribution is -0.384. The summed E-state index contributed by atoms with van der Waals surface area (Å²) in [5.41, 5.74) is 0.282. The Kier molecular flexibility index (Phi) is 5.32. The number of aryl methyl sites for hydroxylation is 1. The number of hydrogen-bond acceptors (Lipinski definition) is 8. The summed E-state index contributed by atoms with van der Waals surface area (Å²) in [5, 5.41) is 22.0. The van der Waals surface area contributed by atoms with E-state index in [1.54, 1.807) is 13.0 Å². The van der Waals surface area contributed by atoms with Gasteiger partial charge >= 0.3 is 5.97 Å². The lowest BCUT2D eigenvalue weighted by Crippen LogP contribution is -2.22. The van der Waals surface area contributed by atoms with Gasteiger partial charge in [-0.2, -0.15) is 5.26 Å². The molecule has 0 aliphatic heterocycles. The summed E-state index contributed by atoms with van der Waals surface area (Å²) in [5.74, 6) is -1.54. The third-order valence-corrected chi connectivity index (χ3v) is 2.93. The van der Waals surface area contributed by atoms with E-state index in [1.165, 1.54) is 18.5 Å². The third kappa shape index (κ3) is 4.55. The molecular formula is C15H11N5O5. The number of aromatic nitrogens is 2. The molecule has 2 rings (SSSR count). The molecule has 10 heteroatoms. The summed E-state index contributed by atoms with van der Waals surface area (Å²) in [6.07, 6.45) is 2.60. The number of nitrogens with one attached hydrogen (secondary N) is 1. The van der Waals surface area contributed by atoms with Crippen LogP contribution in [-0.4, -0.2) is 33.4 Å². The van der Waals surface area contributed by atoms with Gasteiger partial charge in [0.25, 0.3) is 11.6 Å². The van der Waals surface area contributed by atoms with E-state index in [1.807, 2.05) is 0 Å². The van der Waals surface area contributed by atoms with E-state index >= 15 is 0 Å². The molecule has 1 heterocycles. The van der Waals surface area contributed by atoms with Gasteiger partial charge in [-0.15, -0.1) is 0 Å². The lowest BCUT2D eigenvalue weighted by Gasteiger charge is -2.07. The largest absolute Gasteiger partial charge is 0.451 e. The highest BCUT2D eigenvalue weighted by molar-refractivity contribution is 5.95. The zero-order valence-electron chi connectivity index (χ0n) is 12.9. The van der Waals surface area contributed by atoms with Gasteiger partial charge in [0.1, 0.15) is 6.07 Å². The fourth-order valence-corrected chi connectivity index (χ4v) is 1.74. The number of nitro groups is 1. The average Bonchev–Trinajstić information content (AvgIpc) is 2.60. The minimum Gasteiger partial charge on any atom is -0.451 e. The number of carbonyl (C=O) groups is 2. The fourth-order valence-electron chi connectivity index (χ4n) is 1.74. The molecule has 25 heavy (non-hydrogen) atoms. The van der Waals surface area contributed by atoms with Crippen molar-refractivity contribution in [3.63, 3.8) is 0 Å². The Morgan fingerprint density at radius 3 is 2.72 bits per heavy atom. The zero-order chi connectivity index (χ0) is 18.4. The van der Waals surface area contributed by atoms with Crippen LogP contribution in [0.4, 0.5) is 11.4 Å². The van der Waals surface area contributed by atoms with E-state index in [0.717, 1.165) is 12.1 Å². The molecule has 1 aromatic carbocycles. The van der Waals surface area contributed by atoms with Gasteiger partial charge in [0.05, 0.1) is 28.1 Å². The standard InChI is InChI=1S/C15H11N5O5/c1-9-6-18-13(7-17-9)15(22)25-8-14(21)19-12-3-2-11(20(23)24)4-10(12)5-16/h2-4,6-7H,8H2,1H3,(H,19,21). The number of amides is 1. The normalized spacial score (nSPS) is 9.76. The van der Waals surface area contributed by atoms with Crippen molar-refractivity contribution in [1.82, 2.24) is 9.97 Å². The van der Waals surface area contributed by atoms with Crippen molar-refractivity contribution in [3.05, 3.63) is 57.7 Å². The quantitative estimate of drug-likeness (QED) is 0.487. The molecule has 0 unspecified atom stereocenters. The highest BCUT2D eigenvalue weighted by Gasteiger charge is 2.15. The third-order valence-electron chi connectivity index (χ3n) is 2.93. The zero-order valence-corrected chi connectivity index (χ0v) is 12.9. The maximum Gasteiger partial charge on any atom is 0.359 e. The number of ether oxygens (including phenoxy) is 1. The molecule has 0 aliphatic carbocycles. The maximum absolute atomic E-state index is 11.8. The van der Waals surface area contributed by atoms with E-state index in [0.29, 0.717) is 5.69 Å². The highest BCUT2D eigenvalue weighted by Crippen LogP contribution is 2.21. The fraction of sp³-hybridized carbons (Fsp3) is 0.133. The van der Waals surface area contributed by atoms with Crippen molar-refractivity contribution in [2.45, 2.75) is 6.92 Å². The van der Waals surface area contributed by atoms with Crippen LogP contribution >= 0.6 is 0 Å². The Hall–Kier alpha value is -3.87. The van der Waals surface area contributed by atoms with E-state index in [9.17, 15) is 19.7 Å². The Morgan fingerprint density at radius 1 is 1.36 bits per heavy atom. The molecule has 0 atom stereocenters. The second-order valence-corrected chi connectivity index (χ2v) is 4.77. The molecule has 0 saturated carbocycles. The second-order valence-electron chi connectivity index (χ2n) is 4.77. The first kappa shape index (κ1) is 17.5. The SMILES string of the molecule is Cc1cnc(C(=O)OCC(=O)Nc2ccc([N+](=O)[O-])cc2C#N)cn1. The topological polar surface area (TPSA) is 148 Å². The molecule has 0 bridgehead atoms. The van der Waals surface area contributed by atoms with Crippen LogP contribution < -0.4 is 5.32 Å². The van der Waals surface area contributed by atoms with Crippen molar-refractivity contribution >= 4 is 23.3 Å². The first-order chi connectivity index (χ1) is 11.9. The van der Waals surface area contributed by atoms with Crippen LogP contribution in [0.3, 0.4) is 0 Å². The van der Waals surface area contributed by atoms with Crippen molar-refractivity contribution < 1.29 is 19.2 Å². The summed E-state index contributed by atoms with van der Waals surface area (Å²) in [6, 6.07) is 5.15. The van der Waals surface area contributed by atoms with E-state index in [4.69, 9.17) is 10.00 Å². The van der Waals surface area contributed by atoms with Gasteiger partial charge in [0.15, 0.2) is 12.3 Å². The molecule has 0 radical (unpaired) electrons. The number of nitro benzene ring substituents is 1. The van der Waals surface area contributed by atoms with Crippen molar-refractivity contribution in [3.8, 4) is 6.07 Å². The number of anilines is 1. The van der Waals surface area contributed by atoms with E-state index < -0.39 is 23.4 Å². The molecular weight excluding hydrogens is 330 g/mol. The van der Waals surface area contributed by atoms with Crippen LogP contribution in [0.25, 0.3) is 0 Å². The van der Waals surface area contributed by atoms with Gasteiger partial charge in [-0.3, -0.25) is 19.9 Å². The maximum atomic E-state index is 11.8. The van der Waals surface area contributed by atoms with Crippen molar-refractivity contribution in [1.29, 1.82) is 5.26 Å². The number of hydrogen-bond donors (Lipinski definition) is 1. The summed E-state index contributed by atoms with van der Waals surface area (Å²) >= 11 is 0. The summed E-state index contributed by atoms with van der Waals surface area (Å²) in [7, 11) is 0. The highest BCUT2D eigenvalue weighted by atomic mass is 16.6. The summed E-state index contributed by atoms with van der Waals surface area (Å²) in [4.78, 5) is 41.3. The van der Waals surface area contributed by atoms with Crippen molar-refractivity contribution in [2.75, 3.05) is 11.9 Å². The molecule has 0 saturated heterocycles. The van der Waals surface area contributed by atoms with Gasteiger partial charge < -0.3 is 10.1 Å². The minimum atomic E-state index is -0.827. The molecule has 10 nitrogen and oxygen atoms in total. The van der Waals surface area contributed by atoms with Gasteiger partial charge in [-0.1, -0.05) is 0 Å². The Morgan fingerprint density at radius 2 is 2.12 bits per heavy atom. The second kappa shape index (κ2) is 7.60. The van der Waals surface area contributed by atoms with Crippen LogP contribution in [0.2, 0.25) is 0 Å². The number of benzene rings is 1. The van der Waals surface area contributed by atoms with Crippen LogP contribution in [-0.2, 0) is 9.53 Å². The Labute approximate surface area is 141 Å². The molecule has 1 amide bonds. The first-order valence-corrected chi connectivity index (χ1v) is 6.85. The van der Waals surface area contributed by atoms with Gasteiger partial charge in [0.2, 0.25) is 0 Å². The number of non-ortho nitro benzene ring substituents is 1. The number of esters is 1. The number of carbonyl (C=O) groups excluding carboxylic acids is 2. The number of nitriles is 1. The molecule has 1 N–H and O–H groups in total. The predicted molar refractivity (Wildman–Crippen MR) is 83.5 cm³/mol. The van der Waals surface area contributed by atoms with Crippen LogP contribution in [0.1, 0.15) is 21.7 Å². The van der Waals surface area contributed by atoms with E-state index in [-0.39, 0.29) is 22.6 Å².